The van der Waals surface area contributed by atoms with E-state index < -0.39 is 0 Å². The van der Waals surface area contributed by atoms with E-state index in [1.165, 1.54) is 18.8 Å². The molecule has 0 aromatic heterocycles. The summed E-state index contributed by atoms with van der Waals surface area (Å²) in [4.78, 5) is 0. The van der Waals surface area contributed by atoms with Gasteiger partial charge >= 0.3 is 0 Å². The molecule has 1 saturated heterocycles. The zero-order valence-electron chi connectivity index (χ0n) is 7.84. The van der Waals surface area contributed by atoms with Crippen molar-refractivity contribution in [3.05, 3.63) is 0 Å². The third-order valence-corrected chi connectivity index (χ3v) is 3.10. The Labute approximate surface area is 79.4 Å². The molecule has 0 amide bonds. The Morgan fingerprint density at radius 2 is 2.25 bits per heavy atom. The van der Waals surface area contributed by atoms with Gasteiger partial charge in [0.15, 0.2) is 0 Å². The second-order valence-electron chi connectivity index (χ2n) is 3.21. The van der Waals surface area contributed by atoms with Gasteiger partial charge in [-0.3, -0.25) is 0 Å². The maximum atomic E-state index is 5.38. The Morgan fingerprint density at radius 3 is 2.83 bits per heavy atom. The minimum atomic E-state index is 0.922. The fourth-order valence-electron chi connectivity index (χ4n) is 1.08. The Balaban J connectivity index is 1.70. The number of thioether (sulfide) groups is 1. The van der Waals surface area contributed by atoms with Gasteiger partial charge in [-0.05, 0) is 31.2 Å². The maximum absolute atomic E-state index is 5.38. The minimum Gasteiger partial charge on any atom is -0.381 e. The van der Waals surface area contributed by atoms with Gasteiger partial charge in [0.05, 0.1) is 6.61 Å². The van der Waals surface area contributed by atoms with E-state index in [1.807, 2.05) is 11.8 Å². The monoisotopic (exact) mass is 189 g/mol. The molecule has 0 bridgehead atoms. The van der Waals surface area contributed by atoms with Crippen molar-refractivity contribution in [2.45, 2.75) is 13.3 Å². The molecule has 3 heteroatoms. The molecule has 0 aromatic rings. The molecule has 1 fully saturated rings. The first kappa shape index (κ1) is 10.4. The third kappa shape index (κ3) is 4.33. The lowest BCUT2D eigenvalue weighted by Crippen LogP contribution is -2.43. The van der Waals surface area contributed by atoms with Crippen molar-refractivity contribution in [1.82, 2.24) is 5.32 Å². The normalized spacial score (nSPS) is 17.8. The minimum absolute atomic E-state index is 0.922. The number of nitrogens with one attached hydrogen (secondary N) is 1. The Morgan fingerprint density at radius 1 is 1.42 bits per heavy atom. The fourth-order valence-corrected chi connectivity index (χ4v) is 2.05. The van der Waals surface area contributed by atoms with Gasteiger partial charge in [-0.1, -0.05) is 6.92 Å². The van der Waals surface area contributed by atoms with Crippen LogP contribution in [0.3, 0.4) is 0 Å². The molecule has 12 heavy (non-hydrogen) atoms. The molecule has 1 heterocycles. The molecule has 1 aliphatic heterocycles. The summed E-state index contributed by atoms with van der Waals surface area (Å²) in [6.07, 6.45) is 1.14. The van der Waals surface area contributed by atoms with Crippen molar-refractivity contribution >= 4 is 11.8 Å². The molecule has 0 atom stereocenters. The lowest BCUT2D eigenvalue weighted by molar-refractivity contribution is 0.151. The van der Waals surface area contributed by atoms with Crippen LogP contribution in [0.5, 0.6) is 0 Å². The first-order valence-corrected chi connectivity index (χ1v) is 5.95. The van der Waals surface area contributed by atoms with Gasteiger partial charge in [0, 0.05) is 12.4 Å². The van der Waals surface area contributed by atoms with Gasteiger partial charge in [0.25, 0.3) is 0 Å². The van der Waals surface area contributed by atoms with Crippen molar-refractivity contribution in [3.63, 3.8) is 0 Å². The zero-order chi connectivity index (χ0) is 8.65. The van der Waals surface area contributed by atoms with Crippen molar-refractivity contribution < 1.29 is 4.74 Å². The van der Waals surface area contributed by atoms with Gasteiger partial charge in [-0.15, -0.1) is 0 Å². The molecule has 0 unspecified atom stereocenters. The standard InChI is InChI=1S/C9H19NOS/c1-2-3-11-4-5-12-8-9-6-10-7-9/h9-10H,2-8H2,1H3. The van der Waals surface area contributed by atoms with Crippen LogP contribution in [-0.4, -0.2) is 37.8 Å². The highest BCUT2D eigenvalue weighted by atomic mass is 32.2. The number of hydrogen-bond donors (Lipinski definition) is 1. The smallest absolute Gasteiger partial charge is 0.0556 e. The van der Waals surface area contributed by atoms with E-state index in [0.29, 0.717) is 0 Å². The van der Waals surface area contributed by atoms with Crippen LogP contribution >= 0.6 is 11.8 Å². The Bertz CT molecular complexity index is 107. The molecule has 0 aromatic carbocycles. The number of hydrogen-bond acceptors (Lipinski definition) is 3. The summed E-state index contributed by atoms with van der Waals surface area (Å²) in [5.74, 6) is 3.40. The van der Waals surface area contributed by atoms with Crippen LogP contribution in [0.2, 0.25) is 0 Å². The number of ether oxygens (including phenoxy) is 1. The average molecular weight is 189 g/mol. The topological polar surface area (TPSA) is 21.3 Å². The molecule has 2 nitrogen and oxygen atoms in total. The van der Waals surface area contributed by atoms with Crippen LogP contribution in [-0.2, 0) is 4.74 Å². The van der Waals surface area contributed by atoms with Gasteiger partial charge < -0.3 is 10.1 Å². The van der Waals surface area contributed by atoms with Crippen molar-refractivity contribution in [2.75, 3.05) is 37.8 Å². The van der Waals surface area contributed by atoms with E-state index in [4.69, 9.17) is 4.74 Å². The summed E-state index contributed by atoms with van der Waals surface area (Å²) in [6, 6.07) is 0. The number of rotatable bonds is 7. The van der Waals surface area contributed by atoms with Crippen LogP contribution in [0.1, 0.15) is 13.3 Å². The van der Waals surface area contributed by atoms with Crippen LogP contribution in [0.15, 0.2) is 0 Å². The van der Waals surface area contributed by atoms with Crippen molar-refractivity contribution in [2.24, 2.45) is 5.92 Å². The van der Waals surface area contributed by atoms with E-state index >= 15 is 0 Å². The largest absolute Gasteiger partial charge is 0.381 e. The lowest BCUT2D eigenvalue weighted by atomic mass is 10.1. The summed E-state index contributed by atoms with van der Waals surface area (Å²) in [5.41, 5.74) is 0. The molecule has 72 valence electrons. The summed E-state index contributed by atoms with van der Waals surface area (Å²) in [5, 5.41) is 3.28. The predicted octanol–water partition coefficient (Wildman–Crippen LogP) is 1.37. The van der Waals surface area contributed by atoms with Gasteiger partial charge in [-0.25, -0.2) is 0 Å². The molecular weight excluding hydrogens is 170 g/mol. The summed E-state index contributed by atoms with van der Waals surface area (Å²) >= 11 is 2.02. The predicted molar refractivity (Wildman–Crippen MR) is 54.8 cm³/mol. The van der Waals surface area contributed by atoms with E-state index in [1.54, 1.807) is 0 Å². The molecule has 1 N–H and O–H groups in total. The van der Waals surface area contributed by atoms with Crippen molar-refractivity contribution in [1.29, 1.82) is 0 Å². The van der Waals surface area contributed by atoms with E-state index in [2.05, 4.69) is 12.2 Å². The Hall–Kier alpha value is 0.270. The second-order valence-corrected chi connectivity index (χ2v) is 4.36. The zero-order valence-corrected chi connectivity index (χ0v) is 8.66. The lowest BCUT2D eigenvalue weighted by Gasteiger charge is -2.26. The first-order valence-electron chi connectivity index (χ1n) is 4.79. The molecule has 0 spiro atoms. The highest BCUT2D eigenvalue weighted by Crippen LogP contribution is 2.11. The van der Waals surface area contributed by atoms with E-state index in [-0.39, 0.29) is 0 Å². The van der Waals surface area contributed by atoms with Crippen molar-refractivity contribution in [3.8, 4) is 0 Å². The second kappa shape index (κ2) is 6.75. The SMILES string of the molecule is CCCOCCSCC1CNC1. The maximum Gasteiger partial charge on any atom is 0.0556 e. The summed E-state index contributed by atoms with van der Waals surface area (Å²) in [6.45, 7) is 6.45. The average Bonchev–Trinajstić information content (AvgIpc) is 2.00. The molecular formula is C9H19NOS. The molecule has 0 aliphatic carbocycles. The van der Waals surface area contributed by atoms with Crippen LogP contribution < -0.4 is 5.32 Å². The van der Waals surface area contributed by atoms with Crippen LogP contribution in [0.4, 0.5) is 0 Å². The van der Waals surface area contributed by atoms with Gasteiger partial charge in [0.1, 0.15) is 0 Å². The summed E-state index contributed by atoms with van der Waals surface area (Å²) < 4.78 is 5.38. The van der Waals surface area contributed by atoms with Crippen LogP contribution in [0.25, 0.3) is 0 Å². The highest BCUT2D eigenvalue weighted by molar-refractivity contribution is 7.99. The fraction of sp³-hybridized carbons (Fsp3) is 1.00. The quantitative estimate of drug-likeness (QED) is 0.611. The van der Waals surface area contributed by atoms with Gasteiger partial charge in [0.2, 0.25) is 0 Å². The highest BCUT2D eigenvalue weighted by Gasteiger charge is 2.15. The van der Waals surface area contributed by atoms with Crippen LogP contribution in [0, 0.1) is 5.92 Å². The van der Waals surface area contributed by atoms with Gasteiger partial charge in [-0.2, -0.15) is 11.8 Å². The summed E-state index contributed by atoms with van der Waals surface area (Å²) in [7, 11) is 0. The molecule has 1 rings (SSSR count). The Kier molecular flexibility index (Phi) is 5.82. The van der Waals surface area contributed by atoms with E-state index in [9.17, 15) is 0 Å². The first-order chi connectivity index (χ1) is 5.93. The third-order valence-electron chi connectivity index (χ3n) is 1.94. The molecule has 0 radical (unpaired) electrons. The molecule has 0 saturated carbocycles. The molecule has 1 aliphatic rings. The van der Waals surface area contributed by atoms with E-state index in [0.717, 1.165) is 31.3 Å².